The van der Waals surface area contributed by atoms with Crippen LogP contribution in [0.5, 0.6) is 11.5 Å². The first-order valence-electron chi connectivity index (χ1n) is 13.2. The predicted octanol–water partition coefficient (Wildman–Crippen LogP) is 5.11. The fourth-order valence-electron chi connectivity index (χ4n) is 5.10. The highest BCUT2D eigenvalue weighted by molar-refractivity contribution is 9.10. The number of esters is 1. The molecule has 41 heavy (non-hydrogen) atoms. The molecule has 212 valence electrons. The molecule has 0 fully saturated rings. The van der Waals surface area contributed by atoms with Crippen LogP contribution in [0.4, 0.5) is 0 Å². The molecule has 0 N–H and O–H groups in total. The molecule has 4 aromatic rings. The van der Waals surface area contributed by atoms with E-state index in [1.807, 2.05) is 49.5 Å². The maximum atomic E-state index is 14.2. The summed E-state index contributed by atoms with van der Waals surface area (Å²) in [7, 11) is 1.55. The van der Waals surface area contributed by atoms with Gasteiger partial charge in [0.25, 0.3) is 5.56 Å². The van der Waals surface area contributed by atoms with Crippen molar-refractivity contribution in [1.82, 2.24) is 9.13 Å². The van der Waals surface area contributed by atoms with Gasteiger partial charge in [0.1, 0.15) is 0 Å². The number of hydrogen-bond acceptors (Lipinski definition) is 7. The van der Waals surface area contributed by atoms with E-state index in [0.717, 1.165) is 16.5 Å². The van der Waals surface area contributed by atoms with E-state index in [0.29, 0.717) is 55.3 Å². The lowest BCUT2D eigenvalue weighted by Crippen LogP contribution is -2.40. The average molecular weight is 637 g/mol. The monoisotopic (exact) mass is 635 g/mol. The van der Waals surface area contributed by atoms with E-state index >= 15 is 0 Å². The highest BCUT2D eigenvalue weighted by atomic mass is 79.9. The van der Waals surface area contributed by atoms with Crippen molar-refractivity contribution >= 4 is 50.2 Å². The van der Waals surface area contributed by atoms with E-state index in [2.05, 4.69) is 27.1 Å². The average Bonchev–Trinajstić information content (AvgIpc) is 3.45. The van der Waals surface area contributed by atoms with Crippen molar-refractivity contribution in [3.05, 3.63) is 102 Å². The topological polar surface area (TPSA) is 84.0 Å². The third kappa shape index (κ3) is 5.17. The standard InChI is InChI=1S/C31H30BrN3O5S/c1-6-13-34-17-19(20-11-9-10-12-23(20)34)14-26-29(36)35-28(21-15-24(38-5)25(39-7-2)16-22(21)32)27(30(37)40-8-3)18(4)33-31(35)41-26/h6,9-12,14-17,28H,1,7-8,13H2,2-5H3/b26-14+/t28-/m1/s1. The van der Waals surface area contributed by atoms with Gasteiger partial charge in [-0.1, -0.05) is 51.5 Å². The van der Waals surface area contributed by atoms with E-state index in [-0.39, 0.29) is 12.2 Å². The second kappa shape index (κ2) is 11.9. The number of nitrogens with zero attached hydrogens (tertiary/aromatic N) is 3. The SMILES string of the molecule is C=CCn1cc(/C=c2/sc3n(c2=O)[C@H](c2cc(OC)c(OCC)cc2Br)C(C(=O)OCC)=C(C)N=3)c2ccccc21. The van der Waals surface area contributed by atoms with Crippen molar-refractivity contribution in [3.63, 3.8) is 0 Å². The molecule has 0 bridgehead atoms. The zero-order chi connectivity index (χ0) is 29.3. The number of halogens is 1. The van der Waals surface area contributed by atoms with Gasteiger partial charge in [-0.25, -0.2) is 9.79 Å². The van der Waals surface area contributed by atoms with Gasteiger partial charge in [0, 0.05) is 33.7 Å². The molecular formula is C31H30BrN3O5S. The molecule has 0 aliphatic carbocycles. The van der Waals surface area contributed by atoms with Gasteiger partial charge >= 0.3 is 5.97 Å². The number of thiazole rings is 1. The van der Waals surface area contributed by atoms with Crippen LogP contribution in [0.1, 0.15) is 37.9 Å². The highest BCUT2D eigenvalue weighted by Gasteiger charge is 2.35. The van der Waals surface area contributed by atoms with Crippen LogP contribution in [0.25, 0.3) is 17.0 Å². The van der Waals surface area contributed by atoms with Gasteiger partial charge in [-0.2, -0.15) is 0 Å². The summed E-state index contributed by atoms with van der Waals surface area (Å²) < 4.78 is 21.6. The fourth-order valence-corrected chi connectivity index (χ4v) is 6.67. The molecule has 0 spiro atoms. The second-order valence-electron chi connectivity index (χ2n) is 9.30. The maximum absolute atomic E-state index is 14.2. The first-order valence-corrected chi connectivity index (χ1v) is 14.8. The van der Waals surface area contributed by atoms with Gasteiger partial charge < -0.3 is 18.8 Å². The molecule has 2 aromatic heterocycles. The number of allylic oxidation sites excluding steroid dienone is 2. The molecule has 0 saturated heterocycles. The number of carbonyl (C=O) groups is 1. The summed E-state index contributed by atoms with van der Waals surface area (Å²) in [5, 5.41) is 1.03. The van der Waals surface area contributed by atoms with Gasteiger partial charge in [-0.3, -0.25) is 9.36 Å². The lowest BCUT2D eigenvalue weighted by Gasteiger charge is -2.26. The number of benzene rings is 2. The highest BCUT2D eigenvalue weighted by Crippen LogP contribution is 2.41. The number of hydrogen-bond donors (Lipinski definition) is 0. The third-order valence-electron chi connectivity index (χ3n) is 6.83. The minimum atomic E-state index is -0.798. The Bertz CT molecular complexity index is 1880. The summed E-state index contributed by atoms with van der Waals surface area (Å²) in [5.74, 6) is 0.507. The minimum absolute atomic E-state index is 0.190. The summed E-state index contributed by atoms with van der Waals surface area (Å²) in [6.07, 6.45) is 5.75. The van der Waals surface area contributed by atoms with E-state index in [9.17, 15) is 9.59 Å². The van der Waals surface area contributed by atoms with Crippen LogP contribution < -0.4 is 24.4 Å². The van der Waals surface area contributed by atoms with Gasteiger partial charge in [0.2, 0.25) is 0 Å². The van der Waals surface area contributed by atoms with Crippen molar-refractivity contribution in [2.24, 2.45) is 4.99 Å². The van der Waals surface area contributed by atoms with Crippen LogP contribution in [-0.2, 0) is 16.1 Å². The first kappa shape index (κ1) is 28.6. The second-order valence-corrected chi connectivity index (χ2v) is 11.2. The number of ether oxygens (including phenoxy) is 3. The molecule has 1 atom stereocenters. The number of para-hydroxylation sites is 1. The Hall–Kier alpha value is -3.89. The molecular weight excluding hydrogens is 606 g/mol. The lowest BCUT2D eigenvalue weighted by molar-refractivity contribution is -0.139. The molecule has 8 nitrogen and oxygen atoms in total. The Morgan fingerprint density at radius 1 is 1.20 bits per heavy atom. The molecule has 0 saturated carbocycles. The minimum Gasteiger partial charge on any atom is -0.493 e. The molecule has 3 heterocycles. The zero-order valence-corrected chi connectivity index (χ0v) is 25.7. The Kier molecular flexibility index (Phi) is 8.32. The van der Waals surface area contributed by atoms with E-state index in [1.54, 1.807) is 37.7 Å². The van der Waals surface area contributed by atoms with Crippen molar-refractivity contribution < 1.29 is 19.0 Å². The molecule has 0 amide bonds. The van der Waals surface area contributed by atoms with Gasteiger partial charge in [-0.05, 0) is 50.6 Å². The van der Waals surface area contributed by atoms with Gasteiger partial charge in [0.15, 0.2) is 16.3 Å². The Morgan fingerprint density at radius 3 is 2.68 bits per heavy atom. The number of rotatable bonds is 9. The van der Waals surface area contributed by atoms with Gasteiger partial charge in [0.05, 0.1) is 42.2 Å². The summed E-state index contributed by atoms with van der Waals surface area (Å²) in [5.41, 5.74) is 3.14. The largest absolute Gasteiger partial charge is 0.493 e. The third-order valence-corrected chi connectivity index (χ3v) is 8.50. The van der Waals surface area contributed by atoms with Crippen LogP contribution in [-0.4, -0.2) is 35.4 Å². The Morgan fingerprint density at radius 2 is 1.98 bits per heavy atom. The first-order chi connectivity index (χ1) is 19.8. The molecule has 10 heteroatoms. The zero-order valence-electron chi connectivity index (χ0n) is 23.3. The Labute approximate surface area is 249 Å². The molecule has 0 unspecified atom stereocenters. The molecule has 1 aliphatic rings. The van der Waals surface area contributed by atoms with E-state index in [1.165, 1.54) is 11.3 Å². The van der Waals surface area contributed by atoms with Crippen LogP contribution in [0.3, 0.4) is 0 Å². The van der Waals surface area contributed by atoms with Crippen molar-refractivity contribution in [2.75, 3.05) is 20.3 Å². The molecule has 1 aliphatic heterocycles. The van der Waals surface area contributed by atoms with Crippen LogP contribution in [0.15, 0.2) is 80.8 Å². The van der Waals surface area contributed by atoms with E-state index < -0.39 is 12.0 Å². The number of aromatic nitrogens is 2. The van der Waals surface area contributed by atoms with Crippen molar-refractivity contribution in [1.29, 1.82) is 0 Å². The number of methoxy groups -OCH3 is 1. The smallest absolute Gasteiger partial charge is 0.338 e. The summed E-state index contributed by atoms with van der Waals surface area (Å²) in [4.78, 5) is 32.7. The summed E-state index contributed by atoms with van der Waals surface area (Å²) in [6, 6.07) is 10.8. The molecule has 2 aromatic carbocycles. The van der Waals surface area contributed by atoms with Gasteiger partial charge in [-0.15, -0.1) is 6.58 Å². The van der Waals surface area contributed by atoms with Crippen LogP contribution >= 0.6 is 27.3 Å². The van der Waals surface area contributed by atoms with Crippen LogP contribution in [0, 0.1) is 0 Å². The van der Waals surface area contributed by atoms with E-state index in [4.69, 9.17) is 19.2 Å². The predicted molar refractivity (Wildman–Crippen MR) is 164 cm³/mol. The lowest BCUT2D eigenvalue weighted by atomic mass is 9.95. The van der Waals surface area contributed by atoms with Crippen molar-refractivity contribution in [3.8, 4) is 11.5 Å². The fraction of sp³-hybridized carbons (Fsp3) is 0.258. The number of carbonyl (C=O) groups excluding carboxylic acids is 1. The Balaban J connectivity index is 1.77. The maximum Gasteiger partial charge on any atom is 0.338 e. The molecule has 5 rings (SSSR count). The normalized spacial score (nSPS) is 15.0. The van der Waals surface area contributed by atoms with Crippen molar-refractivity contribution in [2.45, 2.75) is 33.4 Å². The molecule has 0 radical (unpaired) electrons. The number of fused-ring (bicyclic) bond motifs is 2. The quantitative estimate of drug-likeness (QED) is 0.189. The summed E-state index contributed by atoms with van der Waals surface area (Å²) in [6.45, 7) is 10.6. The summed E-state index contributed by atoms with van der Waals surface area (Å²) >= 11 is 4.95. The van der Waals surface area contributed by atoms with Crippen LogP contribution in [0.2, 0.25) is 0 Å².